The SMILES string of the molecule is Cc1cc2c(OCCCN(C)C)ccc(N)c2cn1. The molecule has 0 radical (unpaired) electrons. The number of anilines is 1. The highest BCUT2D eigenvalue weighted by Crippen LogP contribution is 2.30. The summed E-state index contributed by atoms with van der Waals surface area (Å²) >= 11 is 0. The Hall–Kier alpha value is -1.81. The average Bonchev–Trinajstić information content (AvgIpc) is 2.36. The number of rotatable bonds is 5. The number of fused-ring (bicyclic) bond motifs is 1. The van der Waals surface area contributed by atoms with Gasteiger partial charge in [-0.1, -0.05) is 0 Å². The van der Waals surface area contributed by atoms with Gasteiger partial charge in [0.2, 0.25) is 0 Å². The van der Waals surface area contributed by atoms with Gasteiger partial charge in [0.1, 0.15) is 5.75 Å². The van der Waals surface area contributed by atoms with Crippen molar-refractivity contribution in [3.05, 3.63) is 30.1 Å². The second-order valence-corrected chi connectivity index (χ2v) is 5.03. The van der Waals surface area contributed by atoms with Crippen LogP contribution in [0, 0.1) is 6.92 Å². The van der Waals surface area contributed by atoms with Gasteiger partial charge in [-0.05, 0) is 45.6 Å². The molecule has 0 amide bonds. The van der Waals surface area contributed by atoms with Crippen LogP contribution in [0.1, 0.15) is 12.1 Å². The van der Waals surface area contributed by atoms with Crippen LogP contribution in [0.15, 0.2) is 24.4 Å². The topological polar surface area (TPSA) is 51.4 Å². The molecule has 4 heteroatoms. The van der Waals surface area contributed by atoms with Crippen LogP contribution in [0.3, 0.4) is 0 Å². The van der Waals surface area contributed by atoms with Gasteiger partial charge in [0.25, 0.3) is 0 Å². The Kier molecular flexibility index (Phi) is 4.22. The first-order valence-corrected chi connectivity index (χ1v) is 6.50. The molecule has 1 aromatic heterocycles. The van der Waals surface area contributed by atoms with Gasteiger partial charge in [-0.25, -0.2) is 0 Å². The van der Waals surface area contributed by atoms with Gasteiger partial charge >= 0.3 is 0 Å². The highest BCUT2D eigenvalue weighted by atomic mass is 16.5. The van der Waals surface area contributed by atoms with Crippen molar-refractivity contribution in [2.75, 3.05) is 33.0 Å². The molecule has 2 aromatic rings. The predicted octanol–water partition coefficient (Wildman–Crippen LogP) is 2.46. The minimum absolute atomic E-state index is 0.707. The lowest BCUT2D eigenvalue weighted by Crippen LogP contribution is -2.15. The number of ether oxygens (including phenoxy) is 1. The minimum atomic E-state index is 0.707. The van der Waals surface area contributed by atoms with Crippen LogP contribution in [0.5, 0.6) is 5.75 Å². The van der Waals surface area contributed by atoms with Gasteiger partial charge in [-0.3, -0.25) is 4.98 Å². The molecule has 0 fully saturated rings. The van der Waals surface area contributed by atoms with Crippen LogP contribution < -0.4 is 10.5 Å². The van der Waals surface area contributed by atoms with E-state index in [-0.39, 0.29) is 0 Å². The quantitative estimate of drug-likeness (QED) is 0.662. The van der Waals surface area contributed by atoms with Gasteiger partial charge in [-0.2, -0.15) is 0 Å². The van der Waals surface area contributed by atoms with Gasteiger partial charge in [0.05, 0.1) is 6.61 Å². The molecule has 0 aliphatic carbocycles. The zero-order chi connectivity index (χ0) is 13.8. The summed E-state index contributed by atoms with van der Waals surface area (Å²) in [5, 5.41) is 1.99. The zero-order valence-electron chi connectivity index (χ0n) is 11.8. The Bertz CT molecular complexity index is 567. The molecule has 19 heavy (non-hydrogen) atoms. The molecule has 0 saturated carbocycles. The molecule has 4 nitrogen and oxygen atoms in total. The normalized spacial score (nSPS) is 11.2. The van der Waals surface area contributed by atoms with E-state index >= 15 is 0 Å². The second kappa shape index (κ2) is 5.89. The molecule has 0 aliphatic rings. The van der Waals surface area contributed by atoms with Crippen molar-refractivity contribution in [1.29, 1.82) is 0 Å². The fourth-order valence-electron chi connectivity index (χ4n) is 2.03. The summed E-state index contributed by atoms with van der Waals surface area (Å²) < 4.78 is 5.87. The zero-order valence-corrected chi connectivity index (χ0v) is 11.8. The highest BCUT2D eigenvalue weighted by molar-refractivity contribution is 5.96. The molecule has 0 aliphatic heterocycles. The van der Waals surface area contributed by atoms with E-state index in [1.54, 1.807) is 0 Å². The van der Waals surface area contributed by atoms with Crippen molar-refractivity contribution in [2.45, 2.75) is 13.3 Å². The van der Waals surface area contributed by atoms with Gasteiger partial charge in [0.15, 0.2) is 0 Å². The maximum absolute atomic E-state index is 5.97. The number of nitrogen functional groups attached to an aromatic ring is 1. The summed E-state index contributed by atoms with van der Waals surface area (Å²) in [5.41, 5.74) is 7.68. The maximum Gasteiger partial charge on any atom is 0.127 e. The molecular formula is C15H21N3O. The van der Waals surface area contributed by atoms with Crippen molar-refractivity contribution >= 4 is 16.5 Å². The largest absolute Gasteiger partial charge is 0.493 e. The summed E-state index contributed by atoms with van der Waals surface area (Å²) in [4.78, 5) is 6.44. The number of hydrogen-bond acceptors (Lipinski definition) is 4. The first-order chi connectivity index (χ1) is 9.08. The number of benzene rings is 1. The maximum atomic E-state index is 5.97. The molecule has 0 spiro atoms. The Morgan fingerprint density at radius 1 is 1.26 bits per heavy atom. The first-order valence-electron chi connectivity index (χ1n) is 6.50. The molecule has 2 rings (SSSR count). The van der Waals surface area contributed by atoms with E-state index in [0.717, 1.165) is 40.9 Å². The minimum Gasteiger partial charge on any atom is -0.493 e. The van der Waals surface area contributed by atoms with Crippen LogP contribution in [0.25, 0.3) is 10.8 Å². The van der Waals surface area contributed by atoms with Crippen LogP contribution in [0.2, 0.25) is 0 Å². The standard InChI is InChI=1S/C15H21N3O/c1-11-9-12-13(10-17-11)14(16)5-6-15(12)19-8-4-7-18(2)3/h5-6,9-10H,4,7-8,16H2,1-3H3. The van der Waals surface area contributed by atoms with Gasteiger partial charge in [-0.15, -0.1) is 0 Å². The van der Waals surface area contributed by atoms with Crippen LogP contribution >= 0.6 is 0 Å². The first kappa shape index (κ1) is 13.6. The fraction of sp³-hybridized carbons (Fsp3) is 0.400. The van der Waals surface area contributed by atoms with Crippen molar-refractivity contribution in [2.24, 2.45) is 0 Å². The predicted molar refractivity (Wildman–Crippen MR) is 79.6 cm³/mol. The molecule has 1 heterocycles. The number of nitrogens with two attached hydrogens (primary N) is 1. The molecule has 1 aromatic carbocycles. The monoisotopic (exact) mass is 259 g/mol. The Morgan fingerprint density at radius 3 is 2.79 bits per heavy atom. The number of aromatic nitrogens is 1. The van der Waals surface area contributed by atoms with Crippen molar-refractivity contribution in [3.8, 4) is 5.75 Å². The summed E-state index contributed by atoms with van der Waals surface area (Å²) in [6.07, 6.45) is 2.82. The van der Waals surface area contributed by atoms with Crippen molar-refractivity contribution in [3.63, 3.8) is 0 Å². The van der Waals surface area contributed by atoms with E-state index in [1.807, 2.05) is 31.3 Å². The molecule has 2 N–H and O–H groups in total. The van der Waals surface area contributed by atoms with E-state index in [4.69, 9.17) is 10.5 Å². The van der Waals surface area contributed by atoms with Crippen LogP contribution in [-0.4, -0.2) is 37.1 Å². The third kappa shape index (κ3) is 3.35. The molecule has 0 saturated heterocycles. The fourth-order valence-corrected chi connectivity index (χ4v) is 2.03. The third-order valence-corrected chi connectivity index (χ3v) is 3.04. The average molecular weight is 259 g/mol. The Balaban J connectivity index is 2.18. The summed E-state index contributed by atoms with van der Waals surface area (Å²) in [6, 6.07) is 5.83. The van der Waals surface area contributed by atoms with Gasteiger partial charge < -0.3 is 15.4 Å². The van der Waals surface area contributed by atoms with E-state index in [1.165, 1.54) is 0 Å². The van der Waals surface area contributed by atoms with Crippen molar-refractivity contribution < 1.29 is 4.74 Å². The van der Waals surface area contributed by atoms with E-state index in [2.05, 4.69) is 24.0 Å². The summed E-state index contributed by atoms with van der Waals surface area (Å²) in [6.45, 7) is 3.70. The van der Waals surface area contributed by atoms with E-state index < -0.39 is 0 Å². The Morgan fingerprint density at radius 2 is 2.05 bits per heavy atom. The molecule has 102 valence electrons. The smallest absolute Gasteiger partial charge is 0.127 e. The molecule has 0 bridgehead atoms. The number of aryl methyl sites for hydroxylation is 1. The lowest BCUT2D eigenvalue weighted by molar-refractivity contribution is 0.284. The van der Waals surface area contributed by atoms with E-state index in [0.29, 0.717) is 6.61 Å². The lowest BCUT2D eigenvalue weighted by Gasteiger charge is -2.13. The number of nitrogens with zero attached hydrogens (tertiary/aromatic N) is 2. The molecule has 0 unspecified atom stereocenters. The van der Waals surface area contributed by atoms with Crippen LogP contribution in [-0.2, 0) is 0 Å². The molecular weight excluding hydrogens is 238 g/mol. The summed E-state index contributed by atoms with van der Waals surface area (Å²) in [7, 11) is 4.13. The number of hydrogen-bond donors (Lipinski definition) is 1. The highest BCUT2D eigenvalue weighted by Gasteiger charge is 2.06. The summed E-state index contributed by atoms with van der Waals surface area (Å²) in [5.74, 6) is 0.883. The van der Waals surface area contributed by atoms with Crippen LogP contribution in [0.4, 0.5) is 5.69 Å². The lowest BCUT2D eigenvalue weighted by atomic mass is 10.1. The third-order valence-electron chi connectivity index (χ3n) is 3.04. The Labute approximate surface area is 114 Å². The van der Waals surface area contributed by atoms with Gasteiger partial charge in [0, 0.05) is 34.9 Å². The van der Waals surface area contributed by atoms with E-state index in [9.17, 15) is 0 Å². The second-order valence-electron chi connectivity index (χ2n) is 5.03. The molecule has 0 atom stereocenters. The number of pyridine rings is 1. The van der Waals surface area contributed by atoms with Crippen molar-refractivity contribution in [1.82, 2.24) is 9.88 Å².